The Morgan fingerprint density at radius 2 is 1.77 bits per heavy atom. The second-order valence-corrected chi connectivity index (χ2v) is 9.46. The number of alkyl halides is 3. The summed E-state index contributed by atoms with van der Waals surface area (Å²) in [5, 5.41) is 6.77. The molecule has 1 aliphatic rings. The van der Waals surface area contributed by atoms with Crippen molar-refractivity contribution in [3.8, 4) is 0 Å². The molecule has 9 heteroatoms. The van der Waals surface area contributed by atoms with Gasteiger partial charge in [0.2, 0.25) is 0 Å². The summed E-state index contributed by atoms with van der Waals surface area (Å²) >= 11 is 6.01. The third kappa shape index (κ3) is 6.70. The topological polar surface area (TPSA) is 55.2 Å². The highest BCUT2D eigenvalue weighted by molar-refractivity contribution is 6.30. The van der Waals surface area contributed by atoms with Gasteiger partial charge in [0.1, 0.15) is 5.78 Å². The SMILES string of the molecule is O=C(CCN1CCC[C@@H]1Cn1nc(Cc2ccc(Cl)cc2)c2ccccc2c1=O)CCC(F)(F)F. The van der Waals surface area contributed by atoms with E-state index in [0.29, 0.717) is 29.9 Å². The Morgan fingerprint density at radius 3 is 2.49 bits per heavy atom. The molecular formula is C26H27ClF3N3O2. The second kappa shape index (κ2) is 10.9. The molecule has 1 atom stereocenters. The van der Waals surface area contributed by atoms with Crippen LogP contribution in [0.25, 0.3) is 10.8 Å². The van der Waals surface area contributed by atoms with Gasteiger partial charge in [0, 0.05) is 42.3 Å². The van der Waals surface area contributed by atoms with E-state index in [9.17, 15) is 22.8 Å². The molecule has 0 unspecified atom stereocenters. The van der Waals surface area contributed by atoms with Crippen LogP contribution in [0.5, 0.6) is 0 Å². The molecule has 1 aromatic heterocycles. The summed E-state index contributed by atoms with van der Waals surface area (Å²) in [4.78, 5) is 27.3. The first kappa shape index (κ1) is 25.4. The Balaban J connectivity index is 1.51. The number of halogens is 4. The predicted octanol–water partition coefficient (Wildman–Crippen LogP) is 5.41. The van der Waals surface area contributed by atoms with Crippen molar-refractivity contribution in [1.82, 2.24) is 14.7 Å². The lowest BCUT2D eigenvalue weighted by atomic mass is 10.0. The van der Waals surface area contributed by atoms with Crippen LogP contribution >= 0.6 is 11.6 Å². The van der Waals surface area contributed by atoms with Gasteiger partial charge >= 0.3 is 6.18 Å². The van der Waals surface area contributed by atoms with Crippen LogP contribution in [0.15, 0.2) is 53.3 Å². The largest absolute Gasteiger partial charge is 0.389 e. The molecular weight excluding hydrogens is 479 g/mol. The van der Waals surface area contributed by atoms with Gasteiger partial charge in [-0.25, -0.2) is 4.68 Å². The van der Waals surface area contributed by atoms with Crippen molar-refractivity contribution < 1.29 is 18.0 Å². The quantitative estimate of drug-likeness (QED) is 0.390. The highest BCUT2D eigenvalue weighted by Gasteiger charge is 2.29. The summed E-state index contributed by atoms with van der Waals surface area (Å²) in [5.74, 6) is -0.390. The third-order valence-electron chi connectivity index (χ3n) is 6.48. The minimum Gasteiger partial charge on any atom is -0.300 e. The van der Waals surface area contributed by atoms with Crippen molar-refractivity contribution in [3.05, 3.63) is 75.2 Å². The van der Waals surface area contributed by atoms with Crippen molar-refractivity contribution >= 4 is 28.2 Å². The number of ketones is 1. The summed E-state index contributed by atoms with van der Waals surface area (Å²) in [5.41, 5.74) is 1.64. The molecule has 2 heterocycles. The van der Waals surface area contributed by atoms with Gasteiger partial charge in [0.05, 0.1) is 24.0 Å². The lowest BCUT2D eigenvalue weighted by Gasteiger charge is -2.25. The fourth-order valence-corrected chi connectivity index (χ4v) is 4.75. The highest BCUT2D eigenvalue weighted by Crippen LogP contribution is 2.24. The summed E-state index contributed by atoms with van der Waals surface area (Å²) < 4.78 is 38.7. The lowest BCUT2D eigenvalue weighted by molar-refractivity contribution is -0.143. The molecule has 4 rings (SSSR count). The zero-order valence-electron chi connectivity index (χ0n) is 19.2. The first-order chi connectivity index (χ1) is 16.7. The molecule has 0 radical (unpaired) electrons. The maximum absolute atomic E-state index is 13.2. The molecule has 0 saturated carbocycles. The Labute approximate surface area is 206 Å². The molecule has 2 aromatic carbocycles. The number of aromatic nitrogens is 2. The monoisotopic (exact) mass is 505 g/mol. The van der Waals surface area contributed by atoms with Gasteiger partial charge in [-0.2, -0.15) is 18.3 Å². The number of benzene rings is 2. The van der Waals surface area contributed by atoms with Crippen LogP contribution in [0.2, 0.25) is 5.02 Å². The van der Waals surface area contributed by atoms with Crippen LogP contribution in [-0.4, -0.2) is 45.8 Å². The average Bonchev–Trinajstić information content (AvgIpc) is 3.27. The number of fused-ring (bicyclic) bond motifs is 1. The van der Waals surface area contributed by atoms with Crippen molar-refractivity contribution in [2.75, 3.05) is 13.1 Å². The Bertz CT molecular complexity index is 1240. The van der Waals surface area contributed by atoms with Crippen LogP contribution in [0, 0.1) is 0 Å². The minimum atomic E-state index is -4.32. The van der Waals surface area contributed by atoms with Gasteiger partial charge < -0.3 is 0 Å². The van der Waals surface area contributed by atoms with Crippen LogP contribution in [0.1, 0.15) is 43.4 Å². The van der Waals surface area contributed by atoms with E-state index >= 15 is 0 Å². The molecule has 35 heavy (non-hydrogen) atoms. The van der Waals surface area contributed by atoms with E-state index in [1.54, 1.807) is 6.07 Å². The number of Topliss-reactive ketones (excluding diaryl/α,β-unsaturated/α-hetero) is 1. The molecule has 0 amide bonds. The summed E-state index contributed by atoms with van der Waals surface area (Å²) in [7, 11) is 0. The molecule has 186 valence electrons. The molecule has 0 spiro atoms. The molecule has 1 fully saturated rings. The summed E-state index contributed by atoms with van der Waals surface area (Å²) in [6.07, 6.45) is -3.53. The van der Waals surface area contributed by atoms with Gasteiger partial charge in [0.15, 0.2) is 0 Å². The first-order valence-corrected chi connectivity index (χ1v) is 12.1. The second-order valence-electron chi connectivity index (χ2n) is 9.02. The van der Waals surface area contributed by atoms with Crippen LogP contribution in [0.3, 0.4) is 0 Å². The number of likely N-dealkylation sites (tertiary alicyclic amines) is 1. The van der Waals surface area contributed by atoms with E-state index in [1.807, 2.05) is 42.5 Å². The number of hydrogen-bond donors (Lipinski definition) is 0. The van der Waals surface area contributed by atoms with Crippen molar-refractivity contribution in [3.63, 3.8) is 0 Å². The van der Waals surface area contributed by atoms with E-state index < -0.39 is 19.0 Å². The van der Waals surface area contributed by atoms with E-state index in [1.165, 1.54) is 4.68 Å². The van der Waals surface area contributed by atoms with Crippen LogP contribution < -0.4 is 5.56 Å². The number of hydrogen-bond acceptors (Lipinski definition) is 4. The lowest BCUT2D eigenvalue weighted by Crippen LogP contribution is -2.38. The maximum atomic E-state index is 13.2. The zero-order valence-corrected chi connectivity index (χ0v) is 20.0. The van der Waals surface area contributed by atoms with E-state index in [4.69, 9.17) is 16.7 Å². The van der Waals surface area contributed by atoms with Crippen LogP contribution in [-0.2, 0) is 17.8 Å². The van der Waals surface area contributed by atoms with Gasteiger partial charge in [-0.1, -0.05) is 41.9 Å². The maximum Gasteiger partial charge on any atom is 0.389 e. The molecule has 0 aliphatic carbocycles. The minimum absolute atomic E-state index is 0.000148. The molecule has 3 aromatic rings. The van der Waals surface area contributed by atoms with E-state index in [2.05, 4.69) is 4.90 Å². The summed E-state index contributed by atoms with van der Waals surface area (Å²) in [6, 6.07) is 14.9. The molecule has 1 saturated heterocycles. The Kier molecular flexibility index (Phi) is 7.91. The predicted molar refractivity (Wildman–Crippen MR) is 130 cm³/mol. The summed E-state index contributed by atoms with van der Waals surface area (Å²) in [6.45, 7) is 1.51. The van der Waals surface area contributed by atoms with Crippen LogP contribution in [0.4, 0.5) is 13.2 Å². The number of rotatable bonds is 9. The molecule has 5 nitrogen and oxygen atoms in total. The fourth-order valence-electron chi connectivity index (χ4n) is 4.63. The number of nitrogens with zero attached hydrogens (tertiary/aromatic N) is 3. The molecule has 0 bridgehead atoms. The number of carbonyl (C=O) groups excluding carboxylic acids is 1. The third-order valence-corrected chi connectivity index (χ3v) is 6.73. The van der Waals surface area contributed by atoms with E-state index in [-0.39, 0.29) is 23.8 Å². The van der Waals surface area contributed by atoms with Crippen molar-refractivity contribution in [2.24, 2.45) is 0 Å². The van der Waals surface area contributed by atoms with Gasteiger partial charge in [-0.15, -0.1) is 0 Å². The van der Waals surface area contributed by atoms with Gasteiger partial charge in [-0.3, -0.25) is 14.5 Å². The zero-order chi connectivity index (χ0) is 25.0. The molecule has 1 aliphatic heterocycles. The average molecular weight is 506 g/mol. The van der Waals surface area contributed by atoms with Gasteiger partial charge in [-0.05, 0) is 43.1 Å². The van der Waals surface area contributed by atoms with E-state index in [0.717, 1.165) is 36.0 Å². The normalized spacial score (nSPS) is 16.7. The Morgan fingerprint density at radius 1 is 1.06 bits per heavy atom. The van der Waals surface area contributed by atoms with Crippen molar-refractivity contribution in [2.45, 2.75) is 57.3 Å². The smallest absolute Gasteiger partial charge is 0.300 e. The van der Waals surface area contributed by atoms with Crippen molar-refractivity contribution in [1.29, 1.82) is 0 Å². The van der Waals surface area contributed by atoms with Gasteiger partial charge in [0.25, 0.3) is 5.56 Å². The first-order valence-electron chi connectivity index (χ1n) is 11.8. The fraction of sp³-hybridized carbons (Fsp3) is 0.423. The number of carbonyl (C=O) groups is 1. The highest BCUT2D eigenvalue weighted by atomic mass is 35.5. The molecule has 0 N–H and O–H groups in total. The Hall–Kier alpha value is -2.71. The standard InChI is InChI=1S/C26H27ClF3N3O2/c27-19-9-7-18(8-10-19)16-24-22-5-1-2-6-23(22)25(35)33(31-24)17-20-4-3-14-32(20)15-12-21(34)11-13-26(28,29)30/h1-2,5-10,20H,3-4,11-17H2/t20-/m1/s1.